The van der Waals surface area contributed by atoms with E-state index in [1.807, 2.05) is 0 Å². The molecule has 108 valence electrons. The molecule has 21 heavy (non-hydrogen) atoms. The van der Waals surface area contributed by atoms with E-state index in [9.17, 15) is 0 Å². The molecule has 0 atom stereocenters. The lowest BCUT2D eigenvalue weighted by molar-refractivity contribution is 0.362. The molecule has 0 aliphatic rings. The van der Waals surface area contributed by atoms with Gasteiger partial charge >= 0.3 is 0 Å². The Kier molecular flexibility index (Phi) is 3.92. The molecular weight excluding hydrogens is 286 g/mol. The summed E-state index contributed by atoms with van der Waals surface area (Å²) in [5.41, 5.74) is 7.47. The van der Waals surface area contributed by atoms with E-state index in [0.29, 0.717) is 29.7 Å². The van der Waals surface area contributed by atoms with E-state index in [-0.39, 0.29) is 0 Å². The van der Waals surface area contributed by atoms with Gasteiger partial charge in [-0.1, -0.05) is 22.9 Å². The molecule has 0 spiro atoms. The normalized spacial score (nSPS) is 10.9. The minimum Gasteiger partial charge on any atom is -0.396 e. The quantitative estimate of drug-likeness (QED) is 0.729. The van der Waals surface area contributed by atoms with Crippen molar-refractivity contribution in [3.63, 3.8) is 0 Å². The molecule has 0 radical (unpaired) electrons. The lowest BCUT2D eigenvalue weighted by atomic mass is 10.2. The molecule has 2 aromatic heterocycles. The molecule has 2 N–H and O–H groups in total. The predicted molar refractivity (Wildman–Crippen MR) is 80.8 cm³/mol. The monoisotopic (exact) mass is 301 g/mol. The van der Waals surface area contributed by atoms with Crippen LogP contribution in [0.3, 0.4) is 0 Å². The van der Waals surface area contributed by atoms with Crippen LogP contribution >= 0.6 is 11.8 Å². The highest BCUT2D eigenvalue weighted by Gasteiger charge is 2.08. The number of aryl methyl sites for hydroxylation is 1. The molecule has 0 saturated heterocycles. The van der Waals surface area contributed by atoms with Gasteiger partial charge in [0.25, 0.3) is 0 Å². The molecule has 0 unspecified atom stereocenters. The van der Waals surface area contributed by atoms with E-state index < -0.39 is 0 Å². The average molecular weight is 301 g/mol. The second-order valence-corrected chi connectivity index (χ2v) is 5.73. The minimum atomic E-state index is 0.430. The van der Waals surface area contributed by atoms with Crippen LogP contribution < -0.4 is 5.73 Å². The van der Waals surface area contributed by atoms with E-state index >= 15 is 0 Å². The van der Waals surface area contributed by atoms with Crippen LogP contribution in [0.2, 0.25) is 0 Å². The molecule has 7 heteroatoms. The van der Waals surface area contributed by atoms with Crippen molar-refractivity contribution in [3.05, 3.63) is 53.9 Å². The SMILES string of the molecule is Cc1ccc(SCc2noc(Cn3cc(N)cn3)n2)cc1. The van der Waals surface area contributed by atoms with E-state index in [2.05, 4.69) is 46.4 Å². The van der Waals surface area contributed by atoms with Crippen molar-refractivity contribution >= 4 is 17.4 Å². The highest BCUT2D eigenvalue weighted by atomic mass is 32.2. The number of rotatable bonds is 5. The van der Waals surface area contributed by atoms with E-state index in [4.69, 9.17) is 10.3 Å². The van der Waals surface area contributed by atoms with Gasteiger partial charge in [0, 0.05) is 11.1 Å². The lowest BCUT2D eigenvalue weighted by Crippen LogP contribution is -2.00. The zero-order valence-corrected chi connectivity index (χ0v) is 12.4. The molecular formula is C14H15N5OS. The average Bonchev–Trinajstić information content (AvgIpc) is 3.08. The summed E-state index contributed by atoms with van der Waals surface area (Å²) >= 11 is 1.68. The van der Waals surface area contributed by atoms with Gasteiger partial charge in [0.05, 0.1) is 17.6 Å². The first-order valence-electron chi connectivity index (χ1n) is 6.48. The van der Waals surface area contributed by atoms with Gasteiger partial charge in [-0.05, 0) is 19.1 Å². The molecule has 0 amide bonds. The predicted octanol–water partition coefficient (Wildman–Crippen LogP) is 2.50. The maximum atomic E-state index is 5.61. The molecule has 2 heterocycles. The zero-order valence-electron chi connectivity index (χ0n) is 11.6. The van der Waals surface area contributed by atoms with Crippen molar-refractivity contribution in [2.24, 2.45) is 0 Å². The molecule has 3 rings (SSSR count). The van der Waals surface area contributed by atoms with Crippen LogP contribution in [-0.4, -0.2) is 19.9 Å². The maximum Gasteiger partial charge on any atom is 0.248 e. The molecule has 6 nitrogen and oxygen atoms in total. The van der Waals surface area contributed by atoms with Crippen LogP contribution in [-0.2, 0) is 12.3 Å². The summed E-state index contributed by atoms with van der Waals surface area (Å²) in [6, 6.07) is 8.36. The van der Waals surface area contributed by atoms with Gasteiger partial charge in [0.1, 0.15) is 6.54 Å². The van der Waals surface area contributed by atoms with Gasteiger partial charge in [0.15, 0.2) is 5.82 Å². The summed E-state index contributed by atoms with van der Waals surface area (Å²) in [4.78, 5) is 5.53. The number of anilines is 1. The smallest absolute Gasteiger partial charge is 0.248 e. The van der Waals surface area contributed by atoms with Crippen molar-refractivity contribution in [2.45, 2.75) is 24.1 Å². The Morgan fingerprint density at radius 2 is 2.10 bits per heavy atom. The molecule has 3 aromatic rings. The fraction of sp³-hybridized carbons (Fsp3) is 0.214. The largest absolute Gasteiger partial charge is 0.396 e. The topological polar surface area (TPSA) is 82.8 Å². The Balaban J connectivity index is 1.58. The van der Waals surface area contributed by atoms with Gasteiger partial charge in [-0.2, -0.15) is 10.1 Å². The van der Waals surface area contributed by atoms with E-state index in [1.54, 1.807) is 28.8 Å². The first-order valence-corrected chi connectivity index (χ1v) is 7.46. The maximum absolute atomic E-state index is 5.61. The molecule has 0 aliphatic heterocycles. The standard InChI is InChI=1S/C14H15N5OS/c1-10-2-4-12(5-3-10)21-9-13-17-14(20-18-13)8-19-7-11(15)6-16-19/h2-7H,8-9,15H2,1H3. The van der Waals surface area contributed by atoms with Crippen molar-refractivity contribution in [1.29, 1.82) is 0 Å². The summed E-state index contributed by atoms with van der Waals surface area (Å²) in [7, 11) is 0. The Hall–Kier alpha value is -2.28. The van der Waals surface area contributed by atoms with Gasteiger partial charge in [-0.25, -0.2) is 0 Å². The Bertz CT molecular complexity index is 719. The summed E-state index contributed by atoms with van der Waals surface area (Å²) in [6.07, 6.45) is 3.31. The zero-order chi connectivity index (χ0) is 14.7. The number of nitrogens with two attached hydrogens (primary N) is 1. The fourth-order valence-electron chi connectivity index (χ4n) is 1.80. The Morgan fingerprint density at radius 1 is 1.29 bits per heavy atom. The van der Waals surface area contributed by atoms with Crippen molar-refractivity contribution in [2.75, 3.05) is 5.73 Å². The second kappa shape index (κ2) is 6.01. The Morgan fingerprint density at radius 3 is 2.81 bits per heavy atom. The molecule has 1 aromatic carbocycles. The number of hydrogen-bond acceptors (Lipinski definition) is 6. The number of benzene rings is 1. The van der Waals surface area contributed by atoms with Crippen LogP contribution in [0.15, 0.2) is 46.1 Å². The van der Waals surface area contributed by atoms with Crippen molar-refractivity contribution < 1.29 is 4.52 Å². The van der Waals surface area contributed by atoms with Crippen LogP contribution in [0.5, 0.6) is 0 Å². The third kappa shape index (κ3) is 3.63. The van der Waals surface area contributed by atoms with Crippen molar-refractivity contribution in [3.8, 4) is 0 Å². The van der Waals surface area contributed by atoms with E-state index in [1.165, 1.54) is 10.5 Å². The Labute approximate surface area is 126 Å². The van der Waals surface area contributed by atoms with Crippen LogP contribution in [0.25, 0.3) is 0 Å². The summed E-state index contributed by atoms with van der Waals surface area (Å²) in [6.45, 7) is 2.50. The van der Waals surface area contributed by atoms with Crippen LogP contribution in [0.4, 0.5) is 5.69 Å². The minimum absolute atomic E-state index is 0.430. The summed E-state index contributed by atoms with van der Waals surface area (Å²) in [5.74, 6) is 1.88. The van der Waals surface area contributed by atoms with Gasteiger partial charge in [0.2, 0.25) is 5.89 Å². The number of thioether (sulfide) groups is 1. The number of aromatic nitrogens is 4. The number of nitrogen functional groups attached to an aromatic ring is 1. The highest BCUT2D eigenvalue weighted by molar-refractivity contribution is 7.98. The van der Waals surface area contributed by atoms with Crippen LogP contribution in [0.1, 0.15) is 17.3 Å². The molecule has 0 saturated carbocycles. The van der Waals surface area contributed by atoms with Crippen molar-refractivity contribution in [1.82, 2.24) is 19.9 Å². The van der Waals surface area contributed by atoms with E-state index in [0.717, 1.165) is 0 Å². The first-order chi connectivity index (χ1) is 10.2. The third-order valence-electron chi connectivity index (χ3n) is 2.85. The second-order valence-electron chi connectivity index (χ2n) is 4.68. The summed E-state index contributed by atoms with van der Waals surface area (Å²) < 4.78 is 6.88. The number of hydrogen-bond donors (Lipinski definition) is 1. The molecule has 0 aliphatic carbocycles. The number of nitrogens with zero attached hydrogens (tertiary/aromatic N) is 4. The lowest BCUT2D eigenvalue weighted by Gasteiger charge is -1.98. The fourth-order valence-corrected chi connectivity index (χ4v) is 2.54. The highest BCUT2D eigenvalue weighted by Crippen LogP contribution is 2.21. The van der Waals surface area contributed by atoms with Gasteiger partial charge in [-0.3, -0.25) is 4.68 Å². The summed E-state index contributed by atoms with van der Waals surface area (Å²) in [5, 5.41) is 8.05. The molecule has 0 fully saturated rings. The first kappa shape index (κ1) is 13.7. The van der Waals surface area contributed by atoms with Gasteiger partial charge < -0.3 is 10.3 Å². The molecule has 0 bridgehead atoms. The van der Waals surface area contributed by atoms with Crippen LogP contribution in [0, 0.1) is 6.92 Å². The van der Waals surface area contributed by atoms with Gasteiger partial charge in [-0.15, -0.1) is 11.8 Å². The third-order valence-corrected chi connectivity index (χ3v) is 3.86.